The van der Waals surface area contributed by atoms with Crippen LogP contribution in [0.3, 0.4) is 0 Å². The molecule has 0 spiro atoms. The molecule has 1 amide bonds. The lowest BCUT2D eigenvalue weighted by atomic mass is 9.92. The Kier molecular flexibility index (Phi) is 3.56. The first kappa shape index (κ1) is 11.8. The van der Waals surface area contributed by atoms with E-state index in [0.29, 0.717) is 17.6 Å². The Morgan fingerprint density at radius 3 is 2.71 bits per heavy atom. The van der Waals surface area contributed by atoms with Gasteiger partial charge < -0.3 is 10.2 Å². The Morgan fingerprint density at radius 1 is 1.47 bits per heavy atom. The lowest BCUT2D eigenvalue weighted by Crippen LogP contribution is -2.41. The zero-order valence-corrected chi connectivity index (χ0v) is 10.3. The van der Waals surface area contributed by atoms with Crippen LogP contribution in [0.1, 0.15) is 36.7 Å². The molecule has 1 fully saturated rings. The minimum absolute atomic E-state index is 0.0368. The van der Waals surface area contributed by atoms with Gasteiger partial charge in [-0.1, -0.05) is 0 Å². The second-order valence-electron chi connectivity index (χ2n) is 4.33. The van der Waals surface area contributed by atoms with E-state index in [1.165, 1.54) is 6.42 Å². The summed E-state index contributed by atoms with van der Waals surface area (Å²) in [5, 5.41) is 11.0. The van der Waals surface area contributed by atoms with Crippen molar-refractivity contribution in [1.29, 1.82) is 0 Å². The maximum absolute atomic E-state index is 12.1. The Morgan fingerprint density at radius 2 is 2.24 bits per heavy atom. The van der Waals surface area contributed by atoms with E-state index >= 15 is 0 Å². The fraction of sp³-hybridized carbons (Fsp3) is 0.583. The van der Waals surface area contributed by atoms with E-state index in [-0.39, 0.29) is 5.91 Å². The molecule has 1 aliphatic rings. The van der Waals surface area contributed by atoms with E-state index in [4.69, 9.17) is 0 Å². The summed E-state index contributed by atoms with van der Waals surface area (Å²) in [6.45, 7) is 2.79. The zero-order chi connectivity index (χ0) is 12.3. The van der Waals surface area contributed by atoms with Gasteiger partial charge in [0.15, 0.2) is 5.69 Å². The molecule has 1 aliphatic carbocycles. The predicted molar refractivity (Wildman–Crippen MR) is 65.9 cm³/mol. The molecular formula is C12H18N4O. The number of aromatic nitrogens is 2. The molecule has 1 aromatic heterocycles. The topological polar surface area (TPSA) is 58.1 Å². The second kappa shape index (κ2) is 5.12. The first-order valence-corrected chi connectivity index (χ1v) is 6.07. The molecule has 2 rings (SSSR count). The van der Waals surface area contributed by atoms with Gasteiger partial charge in [-0.05, 0) is 38.3 Å². The Bertz CT molecular complexity index is 386. The highest BCUT2D eigenvalue weighted by Gasteiger charge is 2.26. The third-order valence-electron chi connectivity index (χ3n) is 3.18. The normalized spacial score (nSPS) is 15.2. The fourth-order valence-corrected chi connectivity index (χ4v) is 1.84. The number of carbonyl (C=O) groups is 1. The summed E-state index contributed by atoms with van der Waals surface area (Å²) < 4.78 is 0. The van der Waals surface area contributed by atoms with Crippen LogP contribution in [0, 0.1) is 0 Å². The molecule has 1 saturated carbocycles. The highest BCUT2D eigenvalue weighted by atomic mass is 16.2. The third kappa shape index (κ3) is 2.54. The largest absolute Gasteiger partial charge is 0.369 e. The van der Waals surface area contributed by atoms with Crippen LogP contribution in [0.15, 0.2) is 12.1 Å². The average Bonchev–Trinajstić information content (AvgIpc) is 2.27. The van der Waals surface area contributed by atoms with Crippen LogP contribution in [0.25, 0.3) is 0 Å². The van der Waals surface area contributed by atoms with Crippen molar-refractivity contribution in [2.75, 3.05) is 18.9 Å². The molecule has 17 heavy (non-hydrogen) atoms. The molecule has 5 heteroatoms. The molecule has 0 radical (unpaired) electrons. The molecule has 1 N–H and O–H groups in total. The standard InChI is InChI=1S/C12H18N4O/c1-3-13-11-8-7-10(14-15-11)12(17)16(2)9-5-4-6-9/h7-9H,3-6H2,1-2H3,(H,13,15). The molecular weight excluding hydrogens is 216 g/mol. The lowest BCUT2D eigenvalue weighted by molar-refractivity contribution is 0.0645. The molecule has 0 bridgehead atoms. The molecule has 0 saturated heterocycles. The number of anilines is 1. The van der Waals surface area contributed by atoms with Gasteiger partial charge in [0.1, 0.15) is 5.82 Å². The van der Waals surface area contributed by atoms with Crippen molar-refractivity contribution in [3.8, 4) is 0 Å². The highest BCUT2D eigenvalue weighted by molar-refractivity contribution is 5.92. The van der Waals surface area contributed by atoms with Gasteiger partial charge in [-0.2, -0.15) is 0 Å². The number of nitrogens with one attached hydrogen (secondary N) is 1. The summed E-state index contributed by atoms with van der Waals surface area (Å²) in [4.78, 5) is 13.8. The van der Waals surface area contributed by atoms with Crippen LogP contribution in [-0.4, -0.2) is 40.6 Å². The average molecular weight is 234 g/mol. The zero-order valence-electron chi connectivity index (χ0n) is 10.3. The number of hydrogen-bond donors (Lipinski definition) is 1. The molecule has 0 aromatic carbocycles. The summed E-state index contributed by atoms with van der Waals surface area (Å²) in [5.74, 6) is 0.667. The van der Waals surface area contributed by atoms with Crippen molar-refractivity contribution in [1.82, 2.24) is 15.1 Å². The molecule has 1 aromatic rings. The number of nitrogens with zero attached hydrogens (tertiary/aromatic N) is 3. The van der Waals surface area contributed by atoms with Crippen molar-refractivity contribution in [2.45, 2.75) is 32.2 Å². The van der Waals surface area contributed by atoms with Gasteiger partial charge in [-0.25, -0.2) is 0 Å². The van der Waals surface area contributed by atoms with Gasteiger partial charge in [-0.15, -0.1) is 10.2 Å². The van der Waals surface area contributed by atoms with Crippen LogP contribution in [0.5, 0.6) is 0 Å². The summed E-state index contributed by atoms with van der Waals surface area (Å²) >= 11 is 0. The van der Waals surface area contributed by atoms with Crippen LogP contribution in [0.2, 0.25) is 0 Å². The van der Waals surface area contributed by atoms with Gasteiger partial charge in [0.2, 0.25) is 0 Å². The third-order valence-corrected chi connectivity index (χ3v) is 3.18. The first-order valence-electron chi connectivity index (χ1n) is 6.07. The predicted octanol–water partition coefficient (Wildman–Crippen LogP) is 1.53. The van der Waals surface area contributed by atoms with E-state index in [9.17, 15) is 4.79 Å². The van der Waals surface area contributed by atoms with Crippen LogP contribution >= 0.6 is 0 Å². The number of hydrogen-bond acceptors (Lipinski definition) is 4. The summed E-state index contributed by atoms with van der Waals surface area (Å²) in [6.07, 6.45) is 3.42. The molecule has 5 nitrogen and oxygen atoms in total. The minimum Gasteiger partial charge on any atom is -0.369 e. The van der Waals surface area contributed by atoms with Crippen LogP contribution < -0.4 is 5.32 Å². The van der Waals surface area contributed by atoms with Crippen molar-refractivity contribution in [3.05, 3.63) is 17.8 Å². The van der Waals surface area contributed by atoms with Gasteiger partial charge in [0.25, 0.3) is 5.91 Å². The smallest absolute Gasteiger partial charge is 0.274 e. The summed E-state index contributed by atoms with van der Waals surface area (Å²) in [5.41, 5.74) is 0.418. The van der Waals surface area contributed by atoms with E-state index in [1.54, 1.807) is 17.0 Å². The maximum atomic E-state index is 12.1. The van der Waals surface area contributed by atoms with Gasteiger partial charge >= 0.3 is 0 Å². The van der Waals surface area contributed by atoms with E-state index in [0.717, 1.165) is 19.4 Å². The summed E-state index contributed by atoms with van der Waals surface area (Å²) in [6, 6.07) is 3.90. The Labute approximate surface area is 101 Å². The summed E-state index contributed by atoms with van der Waals surface area (Å²) in [7, 11) is 1.84. The van der Waals surface area contributed by atoms with Crippen molar-refractivity contribution < 1.29 is 4.79 Å². The second-order valence-corrected chi connectivity index (χ2v) is 4.33. The van der Waals surface area contributed by atoms with Crippen molar-refractivity contribution in [3.63, 3.8) is 0 Å². The number of carbonyl (C=O) groups excluding carboxylic acids is 1. The molecule has 92 valence electrons. The van der Waals surface area contributed by atoms with E-state index in [2.05, 4.69) is 15.5 Å². The monoisotopic (exact) mass is 234 g/mol. The fourth-order valence-electron chi connectivity index (χ4n) is 1.84. The number of rotatable bonds is 4. The Hall–Kier alpha value is -1.65. The Balaban J connectivity index is 2.03. The quantitative estimate of drug-likeness (QED) is 0.858. The van der Waals surface area contributed by atoms with Gasteiger partial charge in [0.05, 0.1) is 0 Å². The minimum atomic E-state index is -0.0368. The molecule has 1 heterocycles. The lowest BCUT2D eigenvalue weighted by Gasteiger charge is -2.34. The molecule has 0 aliphatic heterocycles. The molecule has 0 atom stereocenters. The van der Waals surface area contributed by atoms with E-state index < -0.39 is 0 Å². The van der Waals surface area contributed by atoms with Crippen molar-refractivity contribution in [2.24, 2.45) is 0 Å². The van der Waals surface area contributed by atoms with Crippen molar-refractivity contribution >= 4 is 11.7 Å². The van der Waals surface area contributed by atoms with Crippen LogP contribution in [0.4, 0.5) is 5.82 Å². The maximum Gasteiger partial charge on any atom is 0.274 e. The van der Waals surface area contributed by atoms with E-state index in [1.807, 2.05) is 14.0 Å². The van der Waals surface area contributed by atoms with Gasteiger partial charge in [-0.3, -0.25) is 4.79 Å². The number of amides is 1. The SMILES string of the molecule is CCNc1ccc(C(=O)N(C)C2CCC2)nn1. The highest BCUT2D eigenvalue weighted by Crippen LogP contribution is 2.24. The van der Waals surface area contributed by atoms with Crippen LogP contribution in [-0.2, 0) is 0 Å². The van der Waals surface area contributed by atoms with Gasteiger partial charge in [0, 0.05) is 19.6 Å². The molecule has 0 unspecified atom stereocenters. The first-order chi connectivity index (χ1) is 8.22.